The van der Waals surface area contributed by atoms with Crippen LogP contribution in [-0.2, 0) is 23.1 Å². The number of nitrogens with zero attached hydrogens (tertiary/aromatic N) is 2. The standard InChI is InChI=1S/C26H30N4O3/c1-16-8-10-17(11-9-16)15-27-25(31)19-13-20-23(30(2)24(28-20)18-5-3-6-18)21(14-19)29-26(32)22-7-4-12-33-22/h8-11,13-14,18,22H,3-7,12,15H2,1-2H3,(H,27,31)(H,29,32)/t22-/m1/s1. The molecule has 1 saturated carbocycles. The molecule has 1 saturated heterocycles. The summed E-state index contributed by atoms with van der Waals surface area (Å²) in [4.78, 5) is 30.7. The molecule has 2 heterocycles. The first-order chi connectivity index (χ1) is 16.0. The molecule has 7 heteroatoms. The number of fused-ring (bicyclic) bond motifs is 1. The lowest BCUT2D eigenvalue weighted by Crippen LogP contribution is -2.27. The van der Waals surface area contributed by atoms with E-state index in [1.54, 1.807) is 6.07 Å². The summed E-state index contributed by atoms with van der Waals surface area (Å²) in [5.41, 5.74) is 4.87. The van der Waals surface area contributed by atoms with Gasteiger partial charge in [-0.3, -0.25) is 9.59 Å². The molecule has 7 nitrogen and oxygen atoms in total. The summed E-state index contributed by atoms with van der Waals surface area (Å²) >= 11 is 0. The Kier molecular flexibility index (Phi) is 5.89. The maximum absolute atomic E-state index is 13.0. The highest BCUT2D eigenvalue weighted by Crippen LogP contribution is 2.38. The Morgan fingerprint density at radius 3 is 2.58 bits per heavy atom. The van der Waals surface area contributed by atoms with Crippen molar-refractivity contribution in [2.75, 3.05) is 11.9 Å². The van der Waals surface area contributed by atoms with Crippen LogP contribution in [-0.4, -0.2) is 34.1 Å². The average Bonchev–Trinajstić information content (AvgIpc) is 3.41. The van der Waals surface area contributed by atoms with Gasteiger partial charge >= 0.3 is 0 Å². The number of aromatic nitrogens is 2. The van der Waals surface area contributed by atoms with Crippen LogP contribution in [0.3, 0.4) is 0 Å². The molecule has 2 aromatic carbocycles. The number of hydrogen-bond donors (Lipinski definition) is 2. The van der Waals surface area contributed by atoms with Crippen molar-refractivity contribution >= 4 is 28.5 Å². The third kappa shape index (κ3) is 4.37. The zero-order valence-corrected chi connectivity index (χ0v) is 19.2. The predicted octanol–water partition coefficient (Wildman–Crippen LogP) is 4.20. The van der Waals surface area contributed by atoms with Crippen molar-refractivity contribution in [3.8, 4) is 0 Å². The normalized spacial score (nSPS) is 18.3. The number of rotatable bonds is 6. The van der Waals surface area contributed by atoms with Crippen LogP contribution in [0.15, 0.2) is 36.4 Å². The van der Waals surface area contributed by atoms with E-state index >= 15 is 0 Å². The first-order valence-electron chi connectivity index (χ1n) is 11.8. The van der Waals surface area contributed by atoms with Crippen LogP contribution in [0.5, 0.6) is 0 Å². The molecule has 1 atom stereocenters. The maximum atomic E-state index is 13.0. The van der Waals surface area contributed by atoms with Crippen LogP contribution < -0.4 is 10.6 Å². The molecule has 0 radical (unpaired) electrons. The van der Waals surface area contributed by atoms with Crippen molar-refractivity contribution in [1.29, 1.82) is 0 Å². The molecule has 1 aliphatic heterocycles. The fraction of sp³-hybridized carbons (Fsp3) is 0.423. The van der Waals surface area contributed by atoms with Gasteiger partial charge in [0.25, 0.3) is 11.8 Å². The highest BCUT2D eigenvalue weighted by molar-refractivity contribution is 6.06. The van der Waals surface area contributed by atoms with Crippen LogP contribution in [0.4, 0.5) is 5.69 Å². The number of ether oxygens (including phenoxy) is 1. The van der Waals surface area contributed by atoms with E-state index in [0.29, 0.717) is 36.7 Å². The van der Waals surface area contributed by atoms with E-state index in [0.717, 1.165) is 41.7 Å². The van der Waals surface area contributed by atoms with Crippen molar-refractivity contribution < 1.29 is 14.3 Å². The molecule has 0 unspecified atom stereocenters. The van der Waals surface area contributed by atoms with E-state index in [2.05, 4.69) is 15.2 Å². The average molecular weight is 447 g/mol. The van der Waals surface area contributed by atoms with Gasteiger partial charge in [0.2, 0.25) is 0 Å². The first-order valence-corrected chi connectivity index (χ1v) is 11.8. The molecule has 33 heavy (non-hydrogen) atoms. The Bertz CT molecular complexity index is 1190. The van der Waals surface area contributed by atoms with Crippen LogP contribution >= 0.6 is 0 Å². The molecule has 3 aromatic rings. The molecule has 5 rings (SSSR count). The molecule has 2 aliphatic rings. The smallest absolute Gasteiger partial charge is 0.253 e. The molecule has 1 aromatic heterocycles. The number of aryl methyl sites for hydroxylation is 2. The predicted molar refractivity (Wildman–Crippen MR) is 127 cm³/mol. The molecule has 2 N–H and O–H groups in total. The second kappa shape index (κ2) is 8.98. The lowest BCUT2D eigenvalue weighted by Gasteiger charge is -2.24. The van der Waals surface area contributed by atoms with E-state index in [1.807, 2.05) is 44.3 Å². The SMILES string of the molecule is Cc1ccc(CNC(=O)c2cc(NC(=O)[C@H]3CCCO3)c3c(c2)nc(C2CCC2)n3C)cc1. The minimum absolute atomic E-state index is 0.169. The lowest BCUT2D eigenvalue weighted by molar-refractivity contribution is -0.124. The summed E-state index contributed by atoms with van der Waals surface area (Å²) < 4.78 is 7.63. The zero-order chi connectivity index (χ0) is 22.9. The number of carbonyl (C=O) groups excluding carboxylic acids is 2. The highest BCUT2D eigenvalue weighted by Gasteiger charge is 2.28. The van der Waals surface area contributed by atoms with E-state index in [9.17, 15) is 9.59 Å². The van der Waals surface area contributed by atoms with Gasteiger partial charge in [-0.1, -0.05) is 36.2 Å². The van der Waals surface area contributed by atoms with Crippen LogP contribution in [0.2, 0.25) is 0 Å². The molecule has 2 amide bonds. The number of hydrogen-bond acceptors (Lipinski definition) is 4. The van der Waals surface area contributed by atoms with Crippen molar-refractivity contribution in [2.24, 2.45) is 7.05 Å². The van der Waals surface area contributed by atoms with Gasteiger partial charge < -0.3 is 19.9 Å². The third-order valence-corrected chi connectivity index (χ3v) is 6.79. The number of carbonyl (C=O) groups is 2. The number of amides is 2. The zero-order valence-electron chi connectivity index (χ0n) is 19.2. The van der Waals surface area contributed by atoms with Crippen molar-refractivity contribution in [1.82, 2.24) is 14.9 Å². The Labute approximate surface area is 193 Å². The third-order valence-electron chi connectivity index (χ3n) is 6.79. The number of anilines is 1. The largest absolute Gasteiger partial charge is 0.368 e. The van der Waals surface area contributed by atoms with Gasteiger partial charge in [0.1, 0.15) is 11.9 Å². The molecule has 172 valence electrons. The summed E-state index contributed by atoms with van der Waals surface area (Å²) in [7, 11) is 1.99. The Balaban J connectivity index is 1.45. The number of imidazole rings is 1. The van der Waals surface area contributed by atoms with E-state index in [1.165, 1.54) is 12.0 Å². The van der Waals surface area contributed by atoms with Gasteiger partial charge in [0, 0.05) is 31.7 Å². The highest BCUT2D eigenvalue weighted by atomic mass is 16.5. The number of nitrogens with one attached hydrogen (secondary N) is 2. The van der Waals surface area contributed by atoms with Crippen LogP contribution in [0.25, 0.3) is 11.0 Å². The van der Waals surface area contributed by atoms with Gasteiger partial charge in [-0.25, -0.2) is 4.98 Å². The topological polar surface area (TPSA) is 85.2 Å². The minimum Gasteiger partial charge on any atom is -0.368 e. The summed E-state index contributed by atoms with van der Waals surface area (Å²) in [5.74, 6) is 1.09. The van der Waals surface area contributed by atoms with E-state index in [4.69, 9.17) is 9.72 Å². The summed E-state index contributed by atoms with van der Waals surface area (Å²) in [6, 6.07) is 11.7. The Morgan fingerprint density at radius 1 is 1.12 bits per heavy atom. The molecule has 2 fully saturated rings. The van der Waals surface area contributed by atoms with Crippen LogP contribution in [0, 0.1) is 6.92 Å². The van der Waals surface area contributed by atoms with Gasteiger partial charge in [0.15, 0.2) is 0 Å². The molecular formula is C26H30N4O3. The first kappa shape index (κ1) is 21.6. The quantitative estimate of drug-likeness (QED) is 0.594. The minimum atomic E-state index is -0.446. The second-order valence-electron chi connectivity index (χ2n) is 9.21. The van der Waals surface area contributed by atoms with E-state index < -0.39 is 6.10 Å². The second-order valence-corrected chi connectivity index (χ2v) is 9.21. The maximum Gasteiger partial charge on any atom is 0.253 e. The molecule has 0 bridgehead atoms. The monoisotopic (exact) mass is 446 g/mol. The Morgan fingerprint density at radius 2 is 1.91 bits per heavy atom. The number of benzene rings is 2. The van der Waals surface area contributed by atoms with Gasteiger partial charge in [-0.05, 0) is 50.3 Å². The van der Waals surface area contributed by atoms with Crippen molar-refractivity contribution in [3.63, 3.8) is 0 Å². The summed E-state index contributed by atoms with van der Waals surface area (Å²) in [6.07, 6.45) is 4.61. The van der Waals surface area contributed by atoms with Crippen molar-refractivity contribution in [3.05, 3.63) is 58.9 Å². The fourth-order valence-corrected chi connectivity index (χ4v) is 4.62. The molecule has 0 spiro atoms. The van der Waals surface area contributed by atoms with Crippen molar-refractivity contribution in [2.45, 2.75) is 57.6 Å². The van der Waals surface area contributed by atoms with E-state index in [-0.39, 0.29) is 11.8 Å². The Hall–Kier alpha value is -3.19. The fourth-order valence-electron chi connectivity index (χ4n) is 4.62. The van der Waals surface area contributed by atoms with Gasteiger partial charge in [-0.15, -0.1) is 0 Å². The molecular weight excluding hydrogens is 416 g/mol. The summed E-state index contributed by atoms with van der Waals surface area (Å²) in [6.45, 7) is 3.07. The van der Waals surface area contributed by atoms with Gasteiger partial charge in [-0.2, -0.15) is 0 Å². The lowest BCUT2D eigenvalue weighted by atomic mass is 9.85. The molecule has 1 aliphatic carbocycles. The van der Waals surface area contributed by atoms with Gasteiger partial charge in [0.05, 0.1) is 16.7 Å². The summed E-state index contributed by atoms with van der Waals surface area (Å²) in [5, 5.41) is 6.02. The van der Waals surface area contributed by atoms with Crippen LogP contribution in [0.1, 0.15) is 65.3 Å².